The zero-order valence-corrected chi connectivity index (χ0v) is 4.92. The van der Waals surface area contributed by atoms with Crippen LogP contribution in [0.4, 0.5) is 26.3 Å². The first kappa shape index (κ1) is 10.1. The molecule has 0 saturated carbocycles. The molecule has 0 aliphatic carbocycles. The Morgan fingerprint density at radius 1 is 1.00 bits per heavy atom. The number of alkyl halides is 6. The average molecular weight is 179 g/mol. The van der Waals surface area contributed by atoms with Crippen molar-refractivity contribution in [3.63, 3.8) is 0 Å². The number of allylic oxidation sites excluding steroid dienone is 2. The molecule has 0 fully saturated rings. The van der Waals surface area contributed by atoms with E-state index >= 15 is 0 Å². The fourth-order valence-electron chi connectivity index (χ4n) is 0.258. The summed E-state index contributed by atoms with van der Waals surface area (Å²) >= 11 is 0. The van der Waals surface area contributed by atoms with Crippen molar-refractivity contribution in [2.75, 3.05) is 0 Å². The van der Waals surface area contributed by atoms with E-state index in [1.165, 1.54) is 0 Å². The second-order valence-electron chi connectivity index (χ2n) is 1.64. The largest absolute Gasteiger partial charge is 0.430 e. The van der Waals surface area contributed by atoms with E-state index in [-0.39, 0.29) is 0 Å². The minimum Gasteiger partial charge on any atom is -0.395 e. The van der Waals surface area contributed by atoms with E-state index in [0.29, 0.717) is 0 Å². The summed E-state index contributed by atoms with van der Waals surface area (Å²) < 4.78 is 67.4. The number of nitrogens with two attached hydrogens (primary N) is 1. The molecule has 0 aromatic rings. The van der Waals surface area contributed by atoms with Gasteiger partial charge in [-0.15, -0.1) is 0 Å². The third-order valence-electron chi connectivity index (χ3n) is 0.646. The summed E-state index contributed by atoms with van der Waals surface area (Å²) in [5.74, 6) is 0. The summed E-state index contributed by atoms with van der Waals surface area (Å²) in [4.78, 5) is 0. The maximum atomic E-state index is 11.3. The van der Waals surface area contributed by atoms with Gasteiger partial charge in [0.1, 0.15) is 5.70 Å². The summed E-state index contributed by atoms with van der Waals surface area (Å²) in [6.07, 6.45) is -11.1. The highest BCUT2D eigenvalue weighted by Crippen LogP contribution is 2.26. The van der Waals surface area contributed by atoms with Gasteiger partial charge in [-0.1, -0.05) is 0 Å². The van der Waals surface area contributed by atoms with Crippen LogP contribution in [0.15, 0.2) is 11.8 Å². The Labute approximate surface area is 57.5 Å². The smallest absolute Gasteiger partial charge is 0.395 e. The molecule has 0 atom stereocenters. The van der Waals surface area contributed by atoms with Gasteiger partial charge in [-0.25, -0.2) is 0 Å². The second-order valence-corrected chi connectivity index (χ2v) is 1.64. The molecule has 0 aromatic carbocycles. The molecule has 0 aliphatic heterocycles. The van der Waals surface area contributed by atoms with E-state index in [1.807, 2.05) is 0 Å². The molecule has 0 heterocycles. The van der Waals surface area contributed by atoms with Gasteiger partial charge in [0.15, 0.2) is 0 Å². The van der Waals surface area contributed by atoms with Crippen LogP contribution in [0.25, 0.3) is 0 Å². The van der Waals surface area contributed by atoms with Crippen LogP contribution in [-0.4, -0.2) is 12.4 Å². The Kier molecular flexibility index (Phi) is 2.42. The molecule has 1 nitrogen and oxygen atoms in total. The Hall–Kier alpha value is -0.880. The van der Waals surface area contributed by atoms with Crippen molar-refractivity contribution >= 4 is 0 Å². The Balaban J connectivity index is 4.49. The van der Waals surface area contributed by atoms with Crippen molar-refractivity contribution in [1.29, 1.82) is 0 Å². The van der Waals surface area contributed by atoms with Gasteiger partial charge in [0, 0.05) is 6.08 Å². The molecular weight excluding hydrogens is 176 g/mol. The molecule has 2 N–H and O–H groups in total. The van der Waals surface area contributed by atoms with Gasteiger partial charge in [-0.2, -0.15) is 26.3 Å². The first-order valence-electron chi connectivity index (χ1n) is 2.25. The maximum absolute atomic E-state index is 11.3. The lowest BCUT2D eigenvalue weighted by molar-refractivity contribution is -0.108. The molecule has 7 heteroatoms. The number of halogens is 6. The Morgan fingerprint density at radius 2 is 1.36 bits per heavy atom. The molecule has 0 rings (SSSR count). The third kappa shape index (κ3) is 4.51. The molecule has 11 heavy (non-hydrogen) atoms. The molecule has 66 valence electrons. The van der Waals surface area contributed by atoms with Gasteiger partial charge in [-0.3, -0.25) is 0 Å². The lowest BCUT2D eigenvalue weighted by Gasteiger charge is -2.07. The molecule has 0 amide bonds. The summed E-state index contributed by atoms with van der Waals surface area (Å²) in [5.41, 5.74) is 1.90. The highest BCUT2D eigenvalue weighted by molar-refractivity contribution is 5.06. The lowest BCUT2D eigenvalue weighted by Crippen LogP contribution is -2.22. The van der Waals surface area contributed by atoms with Gasteiger partial charge in [0.25, 0.3) is 0 Å². The second kappa shape index (κ2) is 2.63. The molecule has 0 aliphatic rings. The summed E-state index contributed by atoms with van der Waals surface area (Å²) in [6, 6.07) is 0. The highest BCUT2D eigenvalue weighted by Gasteiger charge is 2.36. The van der Waals surface area contributed by atoms with Crippen molar-refractivity contribution in [2.45, 2.75) is 12.4 Å². The van der Waals surface area contributed by atoms with Gasteiger partial charge >= 0.3 is 12.4 Å². The van der Waals surface area contributed by atoms with E-state index in [0.717, 1.165) is 0 Å². The molecular formula is C4H3F6N. The number of hydrogen-bond acceptors (Lipinski definition) is 1. The van der Waals surface area contributed by atoms with Crippen LogP contribution >= 0.6 is 0 Å². The zero-order chi connectivity index (χ0) is 9.28. The van der Waals surface area contributed by atoms with E-state index in [4.69, 9.17) is 0 Å². The standard InChI is InChI=1S/C4H3F6N/c5-3(6,7)1-2(11)4(8,9)10/h1H,11H2/b2-1+. The lowest BCUT2D eigenvalue weighted by atomic mass is 10.4. The number of rotatable bonds is 0. The van der Waals surface area contributed by atoms with Crippen LogP contribution in [0.1, 0.15) is 0 Å². The predicted molar refractivity (Wildman–Crippen MR) is 24.4 cm³/mol. The molecule has 0 saturated heterocycles. The van der Waals surface area contributed by atoms with Crippen molar-refractivity contribution in [3.8, 4) is 0 Å². The van der Waals surface area contributed by atoms with E-state index < -0.39 is 24.1 Å². The Bertz CT molecular complexity index is 162. The van der Waals surface area contributed by atoms with Gasteiger partial charge in [0.2, 0.25) is 0 Å². The minimum atomic E-state index is -5.12. The maximum Gasteiger partial charge on any atom is 0.430 e. The first-order valence-corrected chi connectivity index (χ1v) is 2.25. The van der Waals surface area contributed by atoms with Gasteiger partial charge < -0.3 is 5.73 Å². The van der Waals surface area contributed by atoms with Crippen LogP contribution in [-0.2, 0) is 0 Å². The normalized spacial score (nSPS) is 15.3. The first-order chi connectivity index (χ1) is 4.63. The topological polar surface area (TPSA) is 26.0 Å². The third-order valence-corrected chi connectivity index (χ3v) is 0.646. The van der Waals surface area contributed by atoms with Crippen LogP contribution in [0.3, 0.4) is 0 Å². The average Bonchev–Trinajstić information content (AvgIpc) is 1.56. The van der Waals surface area contributed by atoms with E-state index in [9.17, 15) is 26.3 Å². The van der Waals surface area contributed by atoms with Crippen molar-refractivity contribution in [1.82, 2.24) is 0 Å². The van der Waals surface area contributed by atoms with Crippen molar-refractivity contribution < 1.29 is 26.3 Å². The zero-order valence-electron chi connectivity index (χ0n) is 4.92. The summed E-state index contributed by atoms with van der Waals surface area (Å²) in [7, 11) is 0. The highest BCUT2D eigenvalue weighted by atomic mass is 19.4. The molecule has 0 radical (unpaired) electrons. The van der Waals surface area contributed by atoms with E-state index in [1.54, 1.807) is 0 Å². The molecule has 0 bridgehead atoms. The minimum absolute atomic E-state index is 0.993. The van der Waals surface area contributed by atoms with Gasteiger partial charge in [0.05, 0.1) is 0 Å². The van der Waals surface area contributed by atoms with E-state index in [2.05, 4.69) is 5.73 Å². The monoisotopic (exact) mass is 179 g/mol. The Morgan fingerprint density at radius 3 is 1.45 bits per heavy atom. The number of hydrogen-bond donors (Lipinski definition) is 1. The molecule has 0 unspecified atom stereocenters. The van der Waals surface area contributed by atoms with Crippen molar-refractivity contribution in [2.24, 2.45) is 5.73 Å². The summed E-state index contributed by atoms with van der Waals surface area (Å²) in [6.45, 7) is 0. The predicted octanol–water partition coefficient (Wildman–Crippen LogP) is 1.95. The van der Waals surface area contributed by atoms with Crippen LogP contribution < -0.4 is 5.73 Å². The fraction of sp³-hybridized carbons (Fsp3) is 0.500. The van der Waals surface area contributed by atoms with Crippen LogP contribution in [0.5, 0.6) is 0 Å². The van der Waals surface area contributed by atoms with Crippen molar-refractivity contribution in [3.05, 3.63) is 11.8 Å². The van der Waals surface area contributed by atoms with Crippen LogP contribution in [0.2, 0.25) is 0 Å². The quantitative estimate of drug-likeness (QED) is 0.565. The van der Waals surface area contributed by atoms with Gasteiger partial charge in [-0.05, 0) is 0 Å². The molecule has 0 spiro atoms. The summed E-state index contributed by atoms with van der Waals surface area (Å²) in [5, 5.41) is 0. The molecule has 0 aromatic heterocycles. The van der Waals surface area contributed by atoms with Crippen LogP contribution in [0, 0.1) is 0 Å². The fourth-order valence-corrected chi connectivity index (χ4v) is 0.258. The SMILES string of the molecule is N/C(=C/C(F)(F)F)C(F)(F)F.